The van der Waals surface area contributed by atoms with E-state index in [-0.39, 0.29) is 50.2 Å². The van der Waals surface area contributed by atoms with Crippen LogP contribution in [-0.2, 0) is 25.5 Å². The number of carboxylic acids is 2. The average molecular weight is 456 g/mol. The van der Waals surface area contributed by atoms with Crippen LogP contribution in [0.3, 0.4) is 0 Å². The van der Waals surface area contributed by atoms with Gasteiger partial charge in [0.15, 0.2) is 11.5 Å². The highest BCUT2D eigenvalue weighted by atomic mass is 16.7. The Morgan fingerprint density at radius 3 is 2.56 bits per heavy atom. The van der Waals surface area contributed by atoms with Crippen LogP contribution < -0.4 is 15.8 Å². The molecular formula is C20H28N2O10. The van der Waals surface area contributed by atoms with Gasteiger partial charge in [0.05, 0.1) is 24.9 Å². The third-order valence-corrected chi connectivity index (χ3v) is 4.89. The molecule has 178 valence electrons. The molecule has 1 heterocycles. The van der Waals surface area contributed by atoms with Crippen molar-refractivity contribution in [2.75, 3.05) is 6.61 Å². The Morgan fingerprint density at radius 1 is 1.25 bits per heavy atom. The molecule has 8 N–H and O–H groups in total. The van der Waals surface area contributed by atoms with Crippen molar-refractivity contribution in [3.8, 4) is 11.5 Å². The minimum atomic E-state index is -1.35. The second kappa shape index (κ2) is 11.6. The molecule has 1 aliphatic rings. The number of aliphatic hydroxyl groups is 2. The molecule has 1 aromatic rings. The Bertz CT molecular complexity index is 818. The lowest BCUT2D eigenvalue weighted by atomic mass is 10.0. The van der Waals surface area contributed by atoms with Gasteiger partial charge in [0, 0.05) is 25.7 Å². The minimum absolute atomic E-state index is 0.0381. The SMILES string of the molecule is N[C@@H](CCC(=O)O)C(=O)N[C@@H](Cc1ccc(OC2C[C@@H](O)C[C@@H](CO)O2)c(O)c1)C(=O)O. The van der Waals surface area contributed by atoms with Crippen molar-refractivity contribution in [2.45, 2.75) is 62.7 Å². The molecule has 0 saturated carbocycles. The highest BCUT2D eigenvalue weighted by molar-refractivity contribution is 5.87. The molecular weight excluding hydrogens is 428 g/mol. The molecule has 12 heteroatoms. The maximum atomic E-state index is 12.1. The predicted octanol–water partition coefficient (Wildman–Crippen LogP) is -1.07. The molecule has 1 aliphatic heterocycles. The third kappa shape index (κ3) is 7.64. The summed E-state index contributed by atoms with van der Waals surface area (Å²) < 4.78 is 11.0. The maximum absolute atomic E-state index is 12.1. The normalized spacial score (nSPS) is 22.5. The fourth-order valence-corrected chi connectivity index (χ4v) is 3.20. The molecule has 0 spiro atoms. The van der Waals surface area contributed by atoms with Gasteiger partial charge in [-0.2, -0.15) is 0 Å². The number of nitrogens with one attached hydrogen (secondary N) is 1. The third-order valence-electron chi connectivity index (χ3n) is 4.89. The second-order valence-electron chi connectivity index (χ2n) is 7.56. The van der Waals surface area contributed by atoms with Crippen LogP contribution in [0.4, 0.5) is 0 Å². The van der Waals surface area contributed by atoms with Crippen molar-refractivity contribution >= 4 is 17.8 Å². The van der Waals surface area contributed by atoms with E-state index in [0.717, 1.165) is 0 Å². The van der Waals surface area contributed by atoms with E-state index in [1.807, 2.05) is 0 Å². The number of carbonyl (C=O) groups excluding carboxylic acids is 1. The van der Waals surface area contributed by atoms with Crippen LogP contribution in [0.2, 0.25) is 0 Å². The second-order valence-corrected chi connectivity index (χ2v) is 7.56. The van der Waals surface area contributed by atoms with E-state index in [2.05, 4.69) is 5.32 Å². The number of carbonyl (C=O) groups is 3. The van der Waals surface area contributed by atoms with E-state index in [1.165, 1.54) is 18.2 Å². The van der Waals surface area contributed by atoms with Gasteiger partial charge >= 0.3 is 11.9 Å². The Hall–Kier alpha value is -2.93. The summed E-state index contributed by atoms with van der Waals surface area (Å²) in [5.74, 6) is -3.52. The maximum Gasteiger partial charge on any atom is 0.326 e. The van der Waals surface area contributed by atoms with Crippen molar-refractivity contribution in [1.29, 1.82) is 0 Å². The van der Waals surface area contributed by atoms with Crippen LogP contribution >= 0.6 is 0 Å². The summed E-state index contributed by atoms with van der Waals surface area (Å²) in [6.45, 7) is -0.288. The number of benzene rings is 1. The van der Waals surface area contributed by atoms with Crippen LogP contribution in [0.25, 0.3) is 0 Å². The van der Waals surface area contributed by atoms with Crippen LogP contribution in [0.5, 0.6) is 11.5 Å². The smallest absolute Gasteiger partial charge is 0.326 e. The monoisotopic (exact) mass is 456 g/mol. The fourth-order valence-electron chi connectivity index (χ4n) is 3.20. The first-order valence-corrected chi connectivity index (χ1v) is 10.0. The molecule has 0 bridgehead atoms. The number of phenols is 1. The van der Waals surface area contributed by atoms with Crippen LogP contribution in [0, 0.1) is 0 Å². The summed E-state index contributed by atoms with van der Waals surface area (Å²) in [5, 5.41) is 49.6. The first-order valence-electron chi connectivity index (χ1n) is 10.0. The molecule has 0 aromatic heterocycles. The van der Waals surface area contributed by atoms with Gasteiger partial charge in [0.1, 0.15) is 6.04 Å². The topological polar surface area (TPSA) is 209 Å². The van der Waals surface area contributed by atoms with Crippen molar-refractivity contribution < 1.29 is 49.4 Å². The van der Waals surface area contributed by atoms with Crippen LogP contribution in [-0.4, -0.2) is 80.6 Å². The van der Waals surface area contributed by atoms with E-state index >= 15 is 0 Å². The molecule has 1 saturated heterocycles. The molecule has 1 amide bonds. The zero-order valence-corrected chi connectivity index (χ0v) is 17.2. The van der Waals surface area contributed by atoms with E-state index in [0.29, 0.717) is 5.56 Å². The number of hydrogen-bond donors (Lipinski definition) is 7. The summed E-state index contributed by atoms with van der Waals surface area (Å²) in [6, 6.07) is 1.62. The molecule has 1 unspecified atom stereocenters. The number of rotatable bonds is 11. The largest absolute Gasteiger partial charge is 0.504 e. The number of phenolic OH excluding ortho intramolecular Hbond substituents is 1. The van der Waals surface area contributed by atoms with Crippen molar-refractivity contribution in [3.05, 3.63) is 23.8 Å². The number of aromatic hydroxyl groups is 1. The van der Waals surface area contributed by atoms with E-state index in [1.54, 1.807) is 0 Å². The van der Waals surface area contributed by atoms with Crippen molar-refractivity contribution in [3.63, 3.8) is 0 Å². The van der Waals surface area contributed by atoms with Gasteiger partial charge in [0.2, 0.25) is 12.2 Å². The number of nitrogens with two attached hydrogens (primary N) is 1. The Balaban J connectivity index is 2.00. The first kappa shape index (κ1) is 25.3. The van der Waals surface area contributed by atoms with E-state index in [4.69, 9.17) is 20.3 Å². The van der Waals surface area contributed by atoms with Gasteiger partial charge in [-0.1, -0.05) is 6.07 Å². The number of aliphatic hydroxyl groups excluding tert-OH is 2. The van der Waals surface area contributed by atoms with E-state index in [9.17, 15) is 34.8 Å². The summed E-state index contributed by atoms with van der Waals surface area (Å²) in [5.41, 5.74) is 5.97. The fraction of sp³-hybridized carbons (Fsp3) is 0.550. The lowest BCUT2D eigenvalue weighted by Crippen LogP contribution is -2.49. The van der Waals surface area contributed by atoms with Gasteiger partial charge in [-0.3, -0.25) is 9.59 Å². The van der Waals surface area contributed by atoms with Gasteiger partial charge < -0.3 is 46.1 Å². The summed E-state index contributed by atoms with van der Waals surface area (Å²) in [4.78, 5) is 34.2. The van der Waals surface area contributed by atoms with Gasteiger partial charge in [0.25, 0.3) is 0 Å². The molecule has 32 heavy (non-hydrogen) atoms. The van der Waals surface area contributed by atoms with Crippen molar-refractivity contribution in [2.24, 2.45) is 5.73 Å². The number of amides is 1. The zero-order valence-electron chi connectivity index (χ0n) is 17.2. The number of ether oxygens (including phenoxy) is 2. The van der Waals surface area contributed by atoms with Gasteiger partial charge in [-0.15, -0.1) is 0 Å². The van der Waals surface area contributed by atoms with Crippen molar-refractivity contribution in [1.82, 2.24) is 5.32 Å². The summed E-state index contributed by atoms with van der Waals surface area (Å²) >= 11 is 0. The molecule has 1 aromatic carbocycles. The highest BCUT2D eigenvalue weighted by Gasteiger charge is 2.30. The molecule has 0 aliphatic carbocycles. The zero-order chi connectivity index (χ0) is 23.8. The quantitative estimate of drug-likeness (QED) is 0.213. The number of hydrogen-bond acceptors (Lipinski definition) is 9. The number of aliphatic carboxylic acids is 2. The lowest BCUT2D eigenvalue weighted by Gasteiger charge is -2.32. The average Bonchev–Trinajstić information content (AvgIpc) is 2.72. The molecule has 2 rings (SSSR count). The standard InChI is InChI=1S/C20H28N2O10/c21-13(2-4-17(26)27)19(28)22-14(20(29)30)5-10-1-3-16(15(25)6-10)32-18-8-11(24)7-12(9-23)31-18/h1,3,6,11-14,18,23-25H,2,4-5,7-9,21H2,(H,22,28)(H,26,27)(H,29,30)/t11-,12-,13-,14-,18?/m0/s1. The highest BCUT2D eigenvalue weighted by Crippen LogP contribution is 2.31. The Morgan fingerprint density at radius 2 is 1.97 bits per heavy atom. The molecule has 1 fully saturated rings. The van der Waals surface area contributed by atoms with Crippen LogP contribution in [0.1, 0.15) is 31.2 Å². The van der Waals surface area contributed by atoms with Gasteiger partial charge in [-0.25, -0.2) is 4.79 Å². The molecule has 0 radical (unpaired) electrons. The Labute approximate surface area is 183 Å². The predicted molar refractivity (Wildman–Crippen MR) is 108 cm³/mol. The summed E-state index contributed by atoms with van der Waals surface area (Å²) in [7, 11) is 0. The lowest BCUT2D eigenvalue weighted by molar-refractivity contribution is -0.185. The van der Waals surface area contributed by atoms with E-state index < -0.39 is 48.4 Å². The Kier molecular flexibility index (Phi) is 9.20. The minimum Gasteiger partial charge on any atom is -0.504 e. The molecule has 12 nitrogen and oxygen atoms in total. The van der Waals surface area contributed by atoms with Crippen LogP contribution in [0.15, 0.2) is 18.2 Å². The van der Waals surface area contributed by atoms with Gasteiger partial charge in [-0.05, 0) is 24.1 Å². The summed E-state index contributed by atoms with van der Waals surface area (Å²) in [6.07, 6.45) is -2.44. The number of carboxylic acid groups (broad SMARTS) is 2. The molecule has 5 atom stereocenters. The first-order chi connectivity index (χ1) is 15.1.